The fourth-order valence-corrected chi connectivity index (χ4v) is 6.80. The first-order valence-electron chi connectivity index (χ1n) is 13.8. The molecule has 0 unspecified atom stereocenters. The van der Waals surface area contributed by atoms with Crippen molar-refractivity contribution in [2.75, 3.05) is 44.0 Å². The van der Waals surface area contributed by atoms with Gasteiger partial charge in [0.2, 0.25) is 5.91 Å². The predicted octanol–water partition coefficient (Wildman–Crippen LogP) is 3.38. The van der Waals surface area contributed by atoms with E-state index in [1.54, 1.807) is 29.2 Å². The number of hydrogen-bond acceptors (Lipinski definition) is 9. The molecule has 2 fully saturated rings. The van der Waals surface area contributed by atoms with Crippen LogP contribution in [-0.2, 0) is 19.4 Å². The molecule has 2 saturated heterocycles. The summed E-state index contributed by atoms with van der Waals surface area (Å²) in [7, 11) is -3.86. The molecule has 14 heteroatoms. The zero-order valence-corrected chi connectivity index (χ0v) is 25.5. The highest BCUT2D eigenvalue weighted by Crippen LogP contribution is 2.37. The van der Waals surface area contributed by atoms with Gasteiger partial charge in [0.15, 0.2) is 15.5 Å². The topological polar surface area (TPSA) is 128 Å². The quantitative estimate of drug-likeness (QED) is 0.231. The second kappa shape index (κ2) is 11.4. The molecule has 2 aliphatic heterocycles. The van der Waals surface area contributed by atoms with Gasteiger partial charge in [0.25, 0.3) is 0 Å². The molecule has 1 amide bonds. The van der Waals surface area contributed by atoms with Gasteiger partial charge in [-0.2, -0.15) is 4.98 Å². The van der Waals surface area contributed by atoms with Gasteiger partial charge >= 0.3 is 5.69 Å². The van der Waals surface area contributed by atoms with Crippen molar-refractivity contribution in [3.8, 4) is 16.9 Å². The predicted molar refractivity (Wildman–Crippen MR) is 164 cm³/mol. The Hall–Kier alpha value is -4.20. The molecular formula is C30H28ClFN6O5S. The second-order valence-electron chi connectivity index (χ2n) is 10.8. The number of halogens is 2. The summed E-state index contributed by atoms with van der Waals surface area (Å²) >= 11 is 6.33. The van der Waals surface area contributed by atoms with Gasteiger partial charge in [0, 0.05) is 49.6 Å². The van der Waals surface area contributed by atoms with Gasteiger partial charge in [-0.05, 0) is 42.8 Å². The number of carbonyl (C=O) groups excluding carboxylic acids is 1. The number of amides is 1. The maximum atomic E-state index is 16.0. The first-order valence-corrected chi connectivity index (χ1v) is 16.1. The number of pyridine rings is 2. The van der Waals surface area contributed by atoms with E-state index >= 15 is 4.39 Å². The number of para-hydroxylation sites is 1. The molecule has 0 radical (unpaired) electrons. The first-order chi connectivity index (χ1) is 21.0. The standard InChI is InChI=1S/C30H28ClFN6O5S/c1-4-24(39)36-11-12-37(17(2)14-36)28-21-13-22(32)25(20-8-6-10-33-27(20)31)34-29(21)38(30(40)35-28)26-19(18-15-43-16-18)7-5-9-23(26)44(3,41)42/h4-10,13,17-18H,1,11-12,14-16H2,2-3H3/t17-/m0/s1. The first kappa shape index (κ1) is 29.9. The number of aromatic nitrogens is 4. The maximum Gasteiger partial charge on any atom is 0.355 e. The Labute approximate surface area is 257 Å². The highest BCUT2D eigenvalue weighted by molar-refractivity contribution is 7.90. The molecule has 1 aromatic carbocycles. The van der Waals surface area contributed by atoms with Crippen molar-refractivity contribution in [2.24, 2.45) is 0 Å². The Morgan fingerprint density at radius 2 is 1.95 bits per heavy atom. The van der Waals surface area contributed by atoms with Crippen LogP contribution in [0.5, 0.6) is 0 Å². The molecule has 228 valence electrons. The summed E-state index contributed by atoms with van der Waals surface area (Å²) in [5.41, 5.74) is -0.126. The molecule has 0 spiro atoms. The van der Waals surface area contributed by atoms with Crippen LogP contribution in [0, 0.1) is 5.82 Å². The van der Waals surface area contributed by atoms with E-state index in [9.17, 15) is 18.0 Å². The number of hydrogen-bond donors (Lipinski definition) is 0. The monoisotopic (exact) mass is 638 g/mol. The Morgan fingerprint density at radius 1 is 1.18 bits per heavy atom. The number of benzene rings is 1. The third-order valence-corrected chi connectivity index (χ3v) is 9.36. The molecule has 3 aromatic heterocycles. The molecule has 0 bridgehead atoms. The van der Waals surface area contributed by atoms with E-state index in [0.29, 0.717) is 38.4 Å². The molecular weight excluding hydrogens is 611 g/mol. The Balaban J connectivity index is 1.67. The number of carbonyl (C=O) groups is 1. The lowest BCUT2D eigenvalue weighted by molar-refractivity contribution is -0.126. The molecule has 4 aromatic rings. The molecule has 5 heterocycles. The third-order valence-electron chi connectivity index (χ3n) is 7.93. The summed E-state index contributed by atoms with van der Waals surface area (Å²) in [4.78, 5) is 42.9. The lowest BCUT2D eigenvalue weighted by Gasteiger charge is -2.40. The van der Waals surface area contributed by atoms with E-state index in [1.807, 2.05) is 11.8 Å². The smallest absolute Gasteiger partial charge is 0.355 e. The number of piperazine rings is 1. The minimum Gasteiger partial charge on any atom is -0.380 e. The van der Waals surface area contributed by atoms with Crippen molar-refractivity contribution < 1.29 is 22.3 Å². The maximum absolute atomic E-state index is 16.0. The number of ether oxygens (including phenoxy) is 1. The zero-order valence-electron chi connectivity index (χ0n) is 23.9. The van der Waals surface area contributed by atoms with Crippen molar-refractivity contribution >= 4 is 44.2 Å². The summed E-state index contributed by atoms with van der Waals surface area (Å²) in [6.07, 6.45) is 3.75. The van der Waals surface area contributed by atoms with Crippen LogP contribution in [0.1, 0.15) is 18.4 Å². The van der Waals surface area contributed by atoms with Gasteiger partial charge < -0.3 is 14.5 Å². The van der Waals surface area contributed by atoms with Crippen LogP contribution < -0.4 is 10.6 Å². The van der Waals surface area contributed by atoms with E-state index < -0.39 is 21.3 Å². The van der Waals surface area contributed by atoms with E-state index in [1.165, 1.54) is 24.4 Å². The summed E-state index contributed by atoms with van der Waals surface area (Å²) in [6, 6.07) is 8.82. The molecule has 11 nitrogen and oxygen atoms in total. The van der Waals surface area contributed by atoms with Gasteiger partial charge in [-0.1, -0.05) is 30.3 Å². The Morgan fingerprint density at radius 3 is 2.59 bits per heavy atom. The summed E-state index contributed by atoms with van der Waals surface area (Å²) in [6.45, 7) is 7.03. The number of fused-ring (bicyclic) bond motifs is 1. The largest absolute Gasteiger partial charge is 0.380 e. The normalized spacial score (nSPS) is 17.5. The van der Waals surface area contributed by atoms with Crippen molar-refractivity contribution in [1.29, 1.82) is 0 Å². The molecule has 1 atom stereocenters. The van der Waals surface area contributed by atoms with E-state index in [-0.39, 0.29) is 61.7 Å². The molecule has 0 saturated carbocycles. The molecule has 0 aliphatic carbocycles. The molecule has 2 aliphatic rings. The lowest BCUT2D eigenvalue weighted by atomic mass is 9.95. The van der Waals surface area contributed by atoms with Crippen LogP contribution in [0.4, 0.5) is 10.2 Å². The van der Waals surface area contributed by atoms with Crippen molar-refractivity contribution in [2.45, 2.75) is 23.8 Å². The van der Waals surface area contributed by atoms with Crippen LogP contribution in [-0.4, -0.2) is 83.9 Å². The summed E-state index contributed by atoms with van der Waals surface area (Å²) in [5.74, 6) is -0.977. The summed E-state index contributed by atoms with van der Waals surface area (Å²) in [5, 5.41) is 0.183. The van der Waals surface area contributed by atoms with Gasteiger partial charge in [-0.25, -0.2) is 32.1 Å². The van der Waals surface area contributed by atoms with Gasteiger partial charge in [-0.3, -0.25) is 4.79 Å². The third kappa shape index (κ3) is 5.14. The summed E-state index contributed by atoms with van der Waals surface area (Å²) < 4.78 is 48.7. The van der Waals surface area contributed by atoms with Crippen LogP contribution >= 0.6 is 11.6 Å². The van der Waals surface area contributed by atoms with E-state index in [2.05, 4.69) is 21.5 Å². The minimum atomic E-state index is -3.86. The number of sulfone groups is 1. The number of anilines is 1. The lowest BCUT2D eigenvalue weighted by Crippen LogP contribution is -2.54. The molecule has 44 heavy (non-hydrogen) atoms. The number of nitrogens with zero attached hydrogens (tertiary/aromatic N) is 6. The average molecular weight is 639 g/mol. The van der Waals surface area contributed by atoms with E-state index in [0.717, 1.165) is 10.8 Å². The van der Waals surface area contributed by atoms with Crippen LogP contribution in [0.3, 0.4) is 0 Å². The Kier molecular flexibility index (Phi) is 7.72. The highest BCUT2D eigenvalue weighted by Gasteiger charge is 2.33. The van der Waals surface area contributed by atoms with E-state index in [4.69, 9.17) is 16.3 Å². The van der Waals surface area contributed by atoms with Crippen molar-refractivity contribution in [3.05, 3.63) is 82.3 Å². The van der Waals surface area contributed by atoms with Crippen LogP contribution in [0.15, 0.2) is 64.9 Å². The fourth-order valence-electron chi connectivity index (χ4n) is 5.70. The Bertz CT molecular complexity index is 2000. The number of rotatable bonds is 6. The highest BCUT2D eigenvalue weighted by atomic mass is 35.5. The van der Waals surface area contributed by atoms with Gasteiger partial charge in [0.1, 0.15) is 22.5 Å². The van der Waals surface area contributed by atoms with Crippen molar-refractivity contribution in [3.63, 3.8) is 0 Å². The van der Waals surface area contributed by atoms with Gasteiger partial charge in [-0.15, -0.1) is 0 Å². The van der Waals surface area contributed by atoms with Crippen LogP contribution in [0.2, 0.25) is 5.15 Å². The SMILES string of the molecule is C=CC(=O)N1CCN(c2nc(=O)n(-c3c(C4COC4)cccc3S(C)(=O)=O)c3nc(-c4cccnc4Cl)c(F)cc23)[C@@H](C)C1. The second-order valence-corrected chi connectivity index (χ2v) is 13.2. The molecule has 0 N–H and O–H groups in total. The fraction of sp³-hybridized carbons (Fsp3) is 0.300. The van der Waals surface area contributed by atoms with Crippen LogP contribution in [0.25, 0.3) is 28.0 Å². The zero-order chi connectivity index (χ0) is 31.3. The van der Waals surface area contributed by atoms with Crippen molar-refractivity contribution in [1.82, 2.24) is 24.4 Å². The average Bonchev–Trinajstić information content (AvgIpc) is 2.95. The molecule has 6 rings (SSSR count). The van der Waals surface area contributed by atoms with Gasteiger partial charge in [0.05, 0.1) is 29.2 Å². The minimum absolute atomic E-state index is 0.00176.